The van der Waals surface area contributed by atoms with E-state index < -0.39 is 18.1 Å². The summed E-state index contributed by atoms with van der Waals surface area (Å²) in [5.41, 5.74) is 7.29. The van der Waals surface area contributed by atoms with E-state index in [-0.39, 0.29) is 18.4 Å². The van der Waals surface area contributed by atoms with Crippen molar-refractivity contribution in [3.05, 3.63) is 48.0 Å². The van der Waals surface area contributed by atoms with Crippen molar-refractivity contribution in [1.29, 1.82) is 0 Å². The number of esters is 1. The van der Waals surface area contributed by atoms with Crippen molar-refractivity contribution in [3.8, 4) is 0 Å². The number of thioether (sulfide) groups is 1. The average Bonchev–Trinajstić information content (AvgIpc) is 2.69. The lowest BCUT2D eigenvalue weighted by atomic mass is 9.89. The number of ether oxygens (including phenoxy) is 1. The highest BCUT2D eigenvalue weighted by atomic mass is 32.2. The molecule has 0 saturated carbocycles. The van der Waals surface area contributed by atoms with Gasteiger partial charge in [-0.2, -0.15) is 11.8 Å². The van der Waals surface area contributed by atoms with Gasteiger partial charge in [-0.15, -0.1) is 0 Å². The van der Waals surface area contributed by atoms with Crippen LogP contribution in [0.25, 0.3) is 10.8 Å². The second-order valence-corrected chi connectivity index (χ2v) is 7.46. The van der Waals surface area contributed by atoms with Gasteiger partial charge in [0.15, 0.2) is 0 Å². The second kappa shape index (κ2) is 10.3. The van der Waals surface area contributed by atoms with Crippen molar-refractivity contribution in [2.24, 2.45) is 5.73 Å². The number of benzene rings is 2. The molecule has 6 heteroatoms. The van der Waals surface area contributed by atoms with E-state index in [1.807, 2.05) is 55.6 Å². The van der Waals surface area contributed by atoms with Crippen molar-refractivity contribution in [2.75, 3.05) is 18.6 Å². The predicted molar refractivity (Wildman–Crippen MR) is 112 cm³/mol. The number of nitrogens with two attached hydrogens (primary N) is 1. The summed E-state index contributed by atoms with van der Waals surface area (Å²) >= 11 is 1.62. The number of carbonyl (C=O) groups excluding carboxylic acids is 2. The molecule has 0 heterocycles. The minimum atomic E-state index is -0.762. The molecule has 0 fully saturated rings. The third kappa shape index (κ3) is 5.47. The molecule has 0 aliphatic carbocycles. The number of amides is 1. The molecular weight excluding hydrogens is 360 g/mol. The number of hydrogen-bond acceptors (Lipinski definition) is 5. The zero-order chi connectivity index (χ0) is 19.8. The first-order valence-corrected chi connectivity index (χ1v) is 10.6. The highest BCUT2D eigenvalue weighted by Gasteiger charge is 2.28. The Morgan fingerprint density at radius 3 is 2.59 bits per heavy atom. The van der Waals surface area contributed by atoms with Gasteiger partial charge in [0.1, 0.15) is 6.04 Å². The number of fused-ring (bicyclic) bond motifs is 1. The highest BCUT2D eigenvalue weighted by molar-refractivity contribution is 7.98. The molecule has 0 bridgehead atoms. The molecule has 3 N–H and O–H groups in total. The lowest BCUT2D eigenvalue weighted by Crippen LogP contribution is -2.50. The van der Waals surface area contributed by atoms with E-state index in [0.29, 0.717) is 6.42 Å². The molecule has 0 aromatic heterocycles. The summed E-state index contributed by atoms with van der Waals surface area (Å²) in [6.07, 6.45) is 2.47. The molecule has 0 aliphatic heterocycles. The maximum absolute atomic E-state index is 12.7. The molecule has 2 aromatic carbocycles. The molecule has 0 radical (unpaired) electrons. The molecule has 3 atom stereocenters. The van der Waals surface area contributed by atoms with Crippen molar-refractivity contribution in [1.82, 2.24) is 5.32 Å². The van der Waals surface area contributed by atoms with Crippen LogP contribution in [0.3, 0.4) is 0 Å². The maximum atomic E-state index is 12.7. The fourth-order valence-corrected chi connectivity index (χ4v) is 3.53. The molecule has 146 valence electrons. The third-order valence-corrected chi connectivity index (χ3v) is 5.30. The Morgan fingerprint density at radius 1 is 1.19 bits per heavy atom. The molecule has 2 rings (SSSR count). The van der Waals surface area contributed by atoms with E-state index >= 15 is 0 Å². The Labute approximate surface area is 165 Å². The van der Waals surface area contributed by atoms with Crippen molar-refractivity contribution in [3.63, 3.8) is 0 Å². The van der Waals surface area contributed by atoms with E-state index in [2.05, 4.69) is 5.32 Å². The lowest BCUT2D eigenvalue weighted by molar-refractivity contribution is -0.147. The maximum Gasteiger partial charge on any atom is 0.328 e. The molecule has 5 nitrogen and oxygen atoms in total. The molecule has 0 aliphatic rings. The molecule has 2 aromatic rings. The normalized spacial score (nSPS) is 14.4. The summed E-state index contributed by atoms with van der Waals surface area (Å²) in [7, 11) is 0. The summed E-state index contributed by atoms with van der Waals surface area (Å²) in [4.78, 5) is 24.9. The van der Waals surface area contributed by atoms with Gasteiger partial charge in [-0.25, -0.2) is 4.79 Å². The summed E-state index contributed by atoms with van der Waals surface area (Å²) in [6, 6.07) is 12.6. The zero-order valence-corrected chi connectivity index (χ0v) is 16.9. The van der Waals surface area contributed by atoms with Crippen LogP contribution in [0, 0.1) is 0 Å². The van der Waals surface area contributed by atoms with Crippen LogP contribution < -0.4 is 11.1 Å². The summed E-state index contributed by atoms with van der Waals surface area (Å²) < 4.78 is 5.08. The Balaban J connectivity index is 2.15. The lowest BCUT2D eigenvalue weighted by Gasteiger charge is -2.24. The van der Waals surface area contributed by atoms with Gasteiger partial charge < -0.3 is 15.8 Å². The quantitative estimate of drug-likeness (QED) is 0.645. The van der Waals surface area contributed by atoms with Crippen molar-refractivity contribution < 1.29 is 14.3 Å². The fourth-order valence-electron chi connectivity index (χ4n) is 3.06. The van der Waals surface area contributed by atoms with Gasteiger partial charge in [0.05, 0.1) is 12.6 Å². The third-order valence-electron chi connectivity index (χ3n) is 4.65. The van der Waals surface area contributed by atoms with Crippen molar-refractivity contribution in [2.45, 2.75) is 38.3 Å². The minimum Gasteiger partial charge on any atom is -0.464 e. The molecule has 0 saturated heterocycles. The number of nitrogens with one attached hydrogen (secondary N) is 1. The van der Waals surface area contributed by atoms with Crippen LogP contribution in [-0.4, -0.2) is 42.6 Å². The number of rotatable bonds is 9. The Bertz CT molecular complexity index is 776. The minimum absolute atomic E-state index is 0.195. The van der Waals surface area contributed by atoms with Crippen LogP contribution in [0.5, 0.6) is 0 Å². The van der Waals surface area contributed by atoms with Gasteiger partial charge in [-0.05, 0) is 41.7 Å². The van der Waals surface area contributed by atoms with Crippen LogP contribution in [-0.2, 0) is 14.3 Å². The first-order valence-electron chi connectivity index (χ1n) is 9.18. The fraction of sp³-hybridized carbons (Fsp3) is 0.429. The van der Waals surface area contributed by atoms with Gasteiger partial charge in [0.2, 0.25) is 5.91 Å². The first kappa shape index (κ1) is 21.3. The van der Waals surface area contributed by atoms with E-state index in [1.165, 1.54) is 0 Å². The average molecular weight is 389 g/mol. The Kier molecular flexibility index (Phi) is 8.13. The van der Waals surface area contributed by atoms with Crippen LogP contribution >= 0.6 is 11.8 Å². The second-order valence-electron chi connectivity index (χ2n) is 6.48. The highest BCUT2D eigenvalue weighted by Crippen LogP contribution is 2.27. The van der Waals surface area contributed by atoms with E-state index in [4.69, 9.17) is 10.5 Å². The SMILES string of the molecule is CCOC(=O)[C@@H](CCSC)NC(=O)[C@H](N)[C@H](C)c1cccc2ccccc12. The summed E-state index contributed by atoms with van der Waals surface area (Å²) in [5, 5.41) is 4.98. The Hall–Kier alpha value is -2.05. The van der Waals surface area contributed by atoms with E-state index in [0.717, 1.165) is 22.1 Å². The topological polar surface area (TPSA) is 81.4 Å². The Morgan fingerprint density at radius 2 is 1.89 bits per heavy atom. The van der Waals surface area contributed by atoms with Gasteiger partial charge >= 0.3 is 5.97 Å². The van der Waals surface area contributed by atoms with Crippen LogP contribution in [0.1, 0.15) is 31.7 Å². The van der Waals surface area contributed by atoms with E-state index in [1.54, 1.807) is 18.7 Å². The van der Waals surface area contributed by atoms with Gasteiger partial charge in [0.25, 0.3) is 0 Å². The van der Waals surface area contributed by atoms with Crippen LogP contribution in [0.4, 0.5) is 0 Å². The summed E-state index contributed by atoms with van der Waals surface area (Å²) in [6.45, 7) is 3.97. The molecule has 1 amide bonds. The largest absolute Gasteiger partial charge is 0.464 e. The van der Waals surface area contributed by atoms with E-state index in [9.17, 15) is 9.59 Å². The molecule has 0 unspecified atom stereocenters. The van der Waals surface area contributed by atoms with Gasteiger partial charge in [0, 0.05) is 5.92 Å². The smallest absolute Gasteiger partial charge is 0.328 e. The van der Waals surface area contributed by atoms with Gasteiger partial charge in [-0.1, -0.05) is 49.4 Å². The summed E-state index contributed by atoms with van der Waals surface area (Å²) in [5.74, 6) is -0.197. The molecular formula is C21H28N2O3S. The van der Waals surface area contributed by atoms with Gasteiger partial charge in [-0.3, -0.25) is 4.79 Å². The number of hydrogen-bond donors (Lipinski definition) is 2. The first-order chi connectivity index (χ1) is 13.0. The number of carbonyl (C=O) groups is 2. The van der Waals surface area contributed by atoms with Crippen LogP contribution in [0.15, 0.2) is 42.5 Å². The molecule has 27 heavy (non-hydrogen) atoms. The van der Waals surface area contributed by atoms with Crippen molar-refractivity contribution >= 4 is 34.4 Å². The van der Waals surface area contributed by atoms with Crippen LogP contribution in [0.2, 0.25) is 0 Å². The monoisotopic (exact) mass is 388 g/mol. The zero-order valence-electron chi connectivity index (χ0n) is 16.1. The standard InChI is InChI=1S/C21H28N2O3S/c1-4-26-21(25)18(12-13-27-3)23-20(24)19(22)14(2)16-11-7-9-15-8-5-6-10-17(15)16/h5-11,14,18-19H,4,12-13,22H2,1-3H3,(H,23,24)/t14-,18-,19-/m1/s1. The predicted octanol–water partition coefficient (Wildman–Crippen LogP) is 3.07. The molecule has 0 spiro atoms.